The van der Waals surface area contributed by atoms with Crippen LogP contribution in [-0.2, 0) is 11.4 Å². The molecule has 1 unspecified atom stereocenters. The number of halogens is 1. The Hall–Kier alpha value is -2.93. The number of rotatable bonds is 9. The lowest BCUT2D eigenvalue weighted by Gasteiger charge is -2.37. The monoisotopic (exact) mass is 456 g/mol. The Morgan fingerprint density at radius 1 is 1.12 bits per heavy atom. The van der Waals surface area contributed by atoms with E-state index in [0.29, 0.717) is 28.8 Å². The molecule has 170 valence electrons. The SMILES string of the molecule is CCCN1C(=S)NC(c2ccc(OCc3ccc(F)cc3)c(OCC)c2)C(C(C)=O)=C1C. The largest absolute Gasteiger partial charge is 0.490 e. The second-order valence-electron chi connectivity index (χ2n) is 7.64. The number of nitrogens with one attached hydrogen (secondary N) is 1. The van der Waals surface area contributed by atoms with Crippen molar-refractivity contribution in [3.05, 3.63) is 70.7 Å². The number of carbonyl (C=O) groups is 1. The second kappa shape index (κ2) is 10.6. The van der Waals surface area contributed by atoms with Gasteiger partial charge in [-0.05, 0) is 74.8 Å². The molecule has 1 atom stereocenters. The van der Waals surface area contributed by atoms with E-state index < -0.39 is 0 Å². The molecule has 0 saturated heterocycles. The summed E-state index contributed by atoms with van der Waals surface area (Å²) in [4.78, 5) is 14.5. The minimum Gasteiger partial charge on any atom is -0.490 e. The van der Waals surface area contributed by atoms with Crippen LogP contribution in [0.1, 0.15) is 51.3 Å². The number of thiocarbonyl (C=S) groups is 1. The Labute approximate surface area is 194 Å². The summed E-state index contributed by atoms with van der Waals surface area (Å²) in [6.07, 6.45) is 0.920. The van der Waals surface area contributed by atoms with Crippen molar-refractivity contribution in [1.82, 2.24) is 10.2 Å². The Morgan fingerprint density at radius 3 is 2.47 bits per heavy atom. The van der Waals surface area contributed by atoms with Crippen LogP contribution >= 0.6 is 12.2 Å². The minimum atomic E-state index is -0.363. The zero-order valence-corrected chi connectivity index (χ0v) is 19.7. The molecule has 0 aromatic heterocycles. The van der Waals surface area contributed by atoms with Gasteiger partial charge in [-0.2, -0.15) is 0 Å². The lowest BCUT2D eigenvalue weighted by Crippen LogP contribution is -2.47. The van der Waals surface area contributed by atoms with Gasteiger partial charge in [0.05, 0.1) is 12.6 Å². The first-order valence-corrected chi connectivity index (χ1v) is 11.2. The highest BCUT2D eigenvalue weighted by Gasteiger charge is 2.32. The molecule has 1 aliphatic heterocycles. The van der Waals surface area contributed by atoms with Crippen LogP contribution in [0.25, 0.3) is 0 Å². The van der Waals surface area contributed by atoms with Crippen LogP contribution in [0.4, 0.5) is 4.39 Å². The summed E-state index contributed by atoms with van der Waals surface area (Å²) in [5.41, 5.74) is 3.29. The van der Waals surface area contributed by atoms with Crippen molar-refractivity contribution in [2.75, 3.05) is 13.2 Å². The molecule has 1 heterocycles. The van der Waals surface area contributed by atoms with Crippen molar-refractivity contribution in [2.24, 2.45) is 0 Å². The summed E-state index contributed by atoms with van der Waals surface area (Å²) in [5, 5.41) is 3.93. The van der Waals surface area contributed by atoms with Crippen molar-refractivity contribution in [3.8, 4) is 11.5 Å². The number of ether oxygens (including phenoxy) is 2. The van der Waals surface area contributed by atoms with Crippen molar-refractivity contribution >= 4 is 23.1 Å². The molecule has 0 bridgehead atoms. The maximum atomic E-state index is 13.1. The van der Waals surface area contributed by atoms with E-state index in [2.05, 4.69) is 12.2 Å². The number of carbonyl (C=O) groups excluding carboxylic acids is 1. The van der Waals surface area contributed by atoms with Gasteiger partial charge >= 0.3 is 0 Å². The van der Waals surface area contributed by atoms with Crippen molar-refractivity contribution in [1.29, 1.82) is 0 Å². The standard InChI is InChI=1S/C25H29FN2O3S/c1-5-13-28-16(3)23(17(4)29)24(27-25(28)32)19-9-12-21(22(14-19)30-6-2)31-15-18-7-10-20(26)11-8-18/h7-12,14,24H,5-6,13,15H2,1-4H3,(H,27,32). The predicted molar refractivity (Wildman–Crippen MR) is 127 cm³/mol. The number of allylic oxidation sites excluding steroid dienone is 1. The molecule has 1 N–H and O–H groups in total. The number of nitrogens with zero attached hydrogens (tertiary/aromatic N) is 1. The lowest BCUT2D eigenvalue weighted by molar-refractivity contribution is -0.114. The van der Waals surface area contributed by atoms with Crippen LogP contribution in [0, 0.1) is 5.82 Å². The summed E-state index contributed by atoms with van der Waals surface area (Å²) in [6.45, 7) is 9.00. The van der Waals surface area contributed by atoms with E-state index in [1.165, 1.54) is 12.1 Å². The van der Waals surface area contributed by atoms with Crippen LogP contribution in [0.15, 0.2) is 53.7 Å². The molecule has 7 heteroatoms. The Kier molecular flexibility index (Phi) is 7.85. The highest BCUT2D eigenvalue weighted by atomic mass is 32.1. The number of Topliss-reactive ketones (excluding diaryl/α,β-unsaturated/α-hetero) is 1. The first-order chi connectivity index (χ1) is 15.3. The van der Waals surface area contributed by atoms with Crippen LogP contribution in [0.2, 0.25) is 0 Å². The van der Waals surface area contributed by atoms with Gasteiger partial charge in [0.25, 0.3) is 0 Å². The van der Waals surface area contributed by atoms with Crippen LogP contribution in [0.5, 0.6) is 11.5 Å². The molecule has 0 spiro atoms. The number of hydrogen-bond acceptors (Lipinski definition) is 4. The van der Waals surface area contributed by atoms with Crippen LogP contribution < -0.4 is 14.8 Å². The smallest absolute Gasteiger partial charge is 0.173 e. The third-order valence-corrected chi connectivity index (χ3v) is 5.67. The minimum absolute atomic E-state index is 0.00167. The highest BCUT2D eigenvalue weighted by Crippen LogP contribution is 2.36. The molecule has 0 saturated carbocycles. The molecular formula is C25H29FN2O3S. The first kappa shape index (κ1) is 23.7. The third kappa shape index (κ3) is 5.27. The van der Waals surface area contributed by atoms with E-state index in [4.69, 9.17) is 21.7 Å². The molecule has 32 heavy (non-hydrogen) atoms. The molecule has 1 aliphatic rings. The van der Waals surface area contributed by atoms with Crippen molar-refractivity contribution in [2.45, 2.75) is 46.8 Å². The summed E-state index contributed by atoms with van der Waals surface area (Å²) in [5.74, 6) is 0.874. The zero-order chi connectivity index (χ0) is 23.3. The second-order valence-corrected chi connectivity index (χ2v) is 8.03. The molecule has 0 radical (unpaired) electrons. The number of hydrogen-bond donors (Lipinski definition) is 1. The molecule has 5 nitrogen and oxygen atoms in total. The van der Waals surface area contributed by atoms with E-state index >= 15 is 0 Å². The van der Waals surface area contributed by atoms with Crippen LogP contribution in [0.3, 0.4) is 0 Å². The van der Waals surface area contributed by atoms with Gasteiger partial charge in [0.15, 0.2) is 22.4 Å². The fourth-order valence-electron chi connectivity index (χ4n) is 3.81. The topological polar surface area (TPSA) is 50.8 Å². The van der Waals surface area contributed by atoms with Crippen LogP contribution in [-0.4, -0.2) is 28.9 Å². The van der Waals surface area contributed by atoms with E-state index in [0.717, 1.165) is 29.8 Å². The lowest BCUT2D eigenvalue weighted by atomic mass is 9.92. The van der Waals surface area contributed by atoms with Crippen molar-refractivity contribution in [3.63, 3.8) is 0 Å². The van der Waals surface area contributed by atoms with E-state index in [-0.39, 0.29) is 24.2 Å². The number of benzene rings is 2. The molecular weight excluding hydrogens is 427 g/mol. The predicted octanol–water partition coefficient (Wildman–Crippen LogP) is 5.31. The van der Waals surface area contributed by atoms with Gasteiger partial charge in [0.2, 0.25) is 0 Å². The third-order valence-electron chi connectivity index (χ3n) is 5.33. The summed E-state index contributed by atoms with van der Waals surface area (Å²) in [6, 6.07) is 11.4. The number of ketones is 1. The summed E-state index contributed by atoms with van der Waals surface area (Å²) in [7, 11) is 0. The van der Waals surface area contributed by atoms with E-state index in [9.17, 15) is 9.18 Å². The molecule has 2 aromatic rings. The maximum absolute atomic E-state index is 13.1. The highest BCUT2D eigenvalue weighted by molar-refractivity contribution is 7.80. The molecule has 0 aliphatic carbocycles. The maximum Gasteiger partial charge on any atom is 0.173 e. The Morgan fingerprint density at radius 2 is 1.84 bits per heavy atom. The Balaban J connectivity index is 1.91. The van der Waals surface area contributed by atoms with Crippen molar-refractivity contribution < 1.29 is 18.7 Å². The summed E-state index contributed by atoms with van der Waals surface area (Å²) < 4.78 is 24.9. The van der Waals surface area contributed by atoms with E-state index in [1.54, 1.807) is 19.1 Å². The average Bonchev–Trinajstić information content (AvgIpc) is 2.76. The summed E-state index contributed by atoms with van der Waals surface area (Å²) >= 11 is 5.59. The van der Waals surface area contributed by atoms with Gasteiger partial charge in [-0.1, -0.05) is 25.1 Å². The van der Waals surface area contributed by atoms with Gasteiger partial charge in [0, 0.05) is 17.8 Å². The fourth-order valence-corrected chi connectivity index (χ4v) is 4.16. The van der Waals surface area contributed by atoms with Gasteiger partial charge in [0.1, 0.15) is 12.4 Å². The van der Waals surface area contributed by atoms with Gasteiger partial charge in [-0.15, -0.1) is 0 Å². The van der Waals surface area contributed by atoms with Gasteiger partial charge in [-0.25, -0.2) is 4.39 Å². The van der Waals surface area contributed by atoms with Gasteiger partial charge < -0.3 is 19.7 Å². The molecule has 0 fully saturated rings. The average molecular weight is 457 g/mol. The quantitative estimate of drug-likeness (QED) is 0.516. The molecule has 2 aromatic carbocycles. The fraction of sp³-hybridized carbons (Fsp3) is 0.360. The first-order valence-electron chi connectivity index (χ1n) is 10.8. The zero-order valence-electron chi connectivity index (χ0n) is 18.9. The normalized spacial score (nSPS) is 16.1. The Bertz CT molecular complexity index is 1020. The van der Waals surface area contributed by atoms with E-state index in [1.807, 2.05) is 36.9 Å². The molecule has 3 rings (SSSR count). The molecule has 0 amide bonds. The van der Waals surface area contributed by atoms with Gasteiger partial charge in [-0.3, -0.25) is 4.79 Å².